The number of hydrogen-bond donors (Lipinski definition) is 1. The van der Waals surface area contributed by atoms with Crippen molar-refractivity contribution in [2.75, 3.05) is 40.5 Å². The number of carbonyl (C=O) groups is 2. The summed E-state index contributed by atoms with van der Waals surface area (Å²) >= 11 is 13.2. The van der Waals surface area contributed by atoms with Crippen LogP contribution in [-0.2, 0) is 16.0 Å². The van der Waals surface area contributed by atoms with Crippen molar-refractivity contribution in [1.29, 1.82) is 0 Å². The molecule has 1 saturated heterocycles. The lowest BCUT2D eigenvalue weighted by Crippen LogP contribution is -2.38. The van der Waals surface area contributed by atoms with Crippen LogP contribution in [-0.4, -0.2) is 62.2 Å². The number of nitrogens with one attached hydrogen (secondary N) is 1. The molecule has 3 aromatic rings. The van der Waals surface area contributed by atoms with E-state index in [1.165, 1.54) is 0 Å². The van der Waals surface area contributed by atoms with Crippen LogP contribution in [0, 0.1) is 5.92 Å². The van der Waals surface area contributed by atoms with Gasteiger partial charge in [-0.05, 0) is 42.5 Å². The van der Waals surface area contributed by atoms with Gasteiger partial charge in [0.2, 0.25) is 5.91 Å². The minimum Gasteiger partial charge on any atom is -0.490 e. The smallest absolute Gasteiger partial charge is 0.254 e. The monoisotopic (exact) mass is 559 g/mol. The number of pyridine rings is 1. The van der Waals surface area contributed by atoms with Crippen LogP contribution in [0.1, 0.15) is 35.7 Å². The van der Waals surface area contributed by atoms with Crippen molar-refractivity contribution in [1.82, 2.24) is 15.2 Å². The number of piperidine rings is 1. The van der Waals surface area contributed by atoms with E-state index >= 15 is 0 Å². The molecule has 0 unspecified atom stereocenters. The maximum absolute atomic E-state index is 12.8. The molecule has 202 valence electrons. The van der Waals surface area contributed by atoms with Crippen LogP contribution in [0.25, 0.3) is 10.9 Å². The van der Waals surface area contributed by atoms with E-state index in [1.54, 1.807) is 50.7 Å². The first-order chi connectivity index (χ1) is 18.3. The van der Waals surface area contributed by atoms with E-state index in [2.05, 4.69) is 17.2 Å². The molecule has 2 amide bonds. The molecule has 10 heteroatoms. The van der Waals surface area contributed by atoms with Crippen molar-refractivity contribution in [3.05, 3.63) is 57.7 Å². The Morgan fingerprint density at radius 1 is 1.05 bits per heavy atom. The second-order valence-corrected chi connectivity index (χ2v) is 10.0. The Morgan fingerprint density at radius 3 is 2.53 bits per heavy atom. The third-order valence-corrected chi connectivity index (χ3v) is 7.55. The Hall–Kier alpha value is -3.07. The minimum atomic E-state index is -0.313. The highest BCUT2D eigenvalue weighted by Crippen LogP contribution is 2.40. The molecule has 0 spiro atoms. The molecular formula is C28H31Cl2N3O5. The van der Waals surface area contributed by atoms with E-state index < -0.39 is 0 Å². The van der Waals surface area contributed by atoms with E-state index in [4.69, 9.17) is 37.4 Å². The second kappa shape index (κ2) is 12.7. The van der Waals surface area contributed by atoms with Gasteiger partial charge in [-0.1, -0.05) is 36.2 Å². The number of methoxy groups -OCH3 is 1. The summed E-state index contributed by atoms with van der Waals surface area (Å²) < 4.78 is 17.0. The lowest BCUT2D eigenvalue weighted by Gasteiger charge is -2.30. The predicted octanol–water partition coefficient (Wildman–Crippen LogP) is 5.52. The highest BCUT2D eigenvalue weighted by molar-refractivity contribution is 6.43. The molecule has 38 heavy (non-hydrogen) atoms. The Labute approximate surface area is 232 Å². The molecule has 0 bridgehead atoms. The number of likely N-dealkylation sites (tertiary alicyclic amines) is 1. The number of carbonyl (C=O) groups excluding carboxylic acids is 2. The molecule has 0 radical (unpaired) electrons. The molecule has 2 aromatic carbocycles. The van der Waals surface area contributed by atoms with Gasteiger partial charge in [-0.3, -0.25) is 14.6 Å². The molecule has 0 saturated carbocycles. The zero-order chi connectivity index (χ0) is 27.2. The largest absolute Gasteiger partial charge is 0.490 e. The van der Waals surface area contributed by atoms with E-state index in [-0.39, 0.29) is 34.9 Å². The fraction of sp³-hybridized carbons (Fsp3) is 0.393. The van der Waals surface area contributed by atoms with Crippen LogP contribution in [0.4, 0.5) is 0 Å². The van der Waals surface area contributed by atoms with Gasteiger partial charge in [0, 0.05) is 44.9 Å². The lowest BCUT2D eigenvalue weighted by molar-refractivity contribution is -0.131. The maximum Gasteiger partial charge on any atom is 0.254 e. The first-order valence-corrected chi connectivity index (χ1v) is 13.3. The SMILES string of the molecule is CNC(=O)c1cc2c(Oc3ccc(CC(=O)N4CCC(C)CC4)c(Cl)c3Cl)ccnc2cc1OCCOC. The van der Waals surface area contributed by atoms with Crippen LogP contribution in [0.3, 0.4) is 0 Å². The zero-order valence-corrected chi connectivity index (χ0v) is 23.2. The topological polar surface area (TPSA) is 90.0 Å². The molecule has 8 nitrogen and oxygen atoms in total. The van der Waals surface area contributed by atoms with Crippen LogP contribution < -0.4 is 14.8 Å². The van der Waals surface area contributed by atoms with Gasteiger partial charge in [0.25, 0.3) is 5.91 Å². The minimum absolute atomic E-state index is 0.0360. The molecule has 0 atom stereocenters. The zero-order valence-electron chi connectivity index (χ0n) is 21.7. The van der Waals surface area contributed by atoms with Gasteiger partial charge in [-0.25, -0.2) is 0 Å². The number of nitrogens with zero attached hydrogens (tertiary/aromatic N) is 2. The van der Waals surface area contributed by atoms with Gasteiger partial charge in [0.05, 0.1) is 29.1 Å². The molecule has 2 heterocycles. The average molecular weight is 560 g/mol. The van der Waals surface area contributed by atoms with Crippen molar-refractivity contribution in [2.45, 2.75) is 26.2 Å². The summed E-state index contributed by atoms with van der Waals surface area (Å²) in [5.74, 6) is 1.51. The van der Waals surface area contributed by atoms with Crippen LogP contribution in [0.2, 0.25) is 10.0 Å². The van der Waals surface area contributed by atoms with Crippen LogP contribution in [0.15, 0.2) is 36.5 Å². The number of fused-ring (bicyclic) bond motifs is 1. The molecule has 1 aliphatic rings. The molecule has 1 aromatic heterocycles. The van der Waals surface area contributed by atoms with Crippen LogP contribution >= 0.6 is 23.2 Å². The Bertz CT molecular complexity index is 1330. The molecule has 4 rings (SSSR count). The standard InChI is InChI=1S/C28H31Cl2N3O5/c1-17-7-10-33(11-8-17)25(34)14-18-4-5-23(27(30)26(18)29)38-22-6-9-32-21-16-24(37-13-12-36-3)20(15-19(21)22)28(35)31-2/h4-6,9,15-17H,7-8,10-14H2,1-3H3,(H,31,35). The summed E-state index contributed by atoms with van der Waals surface area (Å²) in [7, 11) is 3.12. The highest BCUT2D eigenvalue weighted by Gasteiger charge is 2.23. The van der Waals surface area contributed by atoms with Gasteiger partial charge in [-0.15, -0.1) is 0 Å². The normalized spacial score (nSPS) is 14.0. The maximum atomic E-state index is 12.8. The summed E-state index contributed by atoms with van der Waals surface area (Å²) in [4.78, 5) is 31.7. The Balaban J connectivity index is 1.59. The van der Waals surface area contributed by atoms with E-state index in [0.717, 1.165) is 25.9 Å². The van der Waals surface area contributed by atoms with E-state index in [9.17, 15) is 9.59 Å². The summed E-state index contributed by atoms with van der Waals surface area (Å²) in [6.45, 7) is 4.39. The van der Waals surface area contributed by atoms with Gasteiger partial charge < -0.3 is 24.4 Å². The average Bonchev–Trinajstić information content (AvgIpc) is 2.92. The molecule has 0 aliphatic carbocycles. The highest BCUT2D eigenvalue weighted by atomic mass is 35.5. The first-order valence-electron chi connectivity index (χ1n) is 12.5. The summed E-state index contributed by atoms with van der Waals surface area (Å²) in [5, 5.41) is 3.71. The summed E-state index contributed by atoms with van der Waals surface area (Å²) in [5.41, 5.74) is 1.55. The number of halogens is 2. The third-order valence-electron chi connectivity index (χ3n) is 6.64. The van der Waals surface area contributed by atoms with Crippen LogP contribution in [0.5, 0.6) is 17.2 Å². The van der Waals surface area contributed by atoms with Gasteiger partial charge in [-0.2, -0.15) is 0 Å². The van der Waals surface area contributed by atoms with Crippen molar-refractivity contribution >= 4 is 45.9 Å². The number of rotatable bonds is 9. The Kier molecular flexibility index (Phi) is 9.31. The van der Waals surface area contributed by atoms with E-state index in [0.29, 0.717) is 51.8 Å². The number of amides is 2. The van der Waals surface area contributed by atoms with Crippen molar-refractivity contribution in [3.8, 4) is 17.2 Å². The molecular weight excluding hydrogens is 529 g/mol. The van der Waals surface area contributed by atoms with Gasteiger partial charge >= 0.3 is 0 Å². The summed E-state index contributed by atoms with van der Waals surface area (Å²) in [6, 6.07) is 8.49. The second-order valence-electron chi connectivity index (χ2n) is 9.29. The quantitative estimate of drug-likeness (QED) is 0.347. The fourth-order valence-corrected chi connectivity index (χ4v) is 4.79. The Morgan fingerprint density at radius 2 is 1.82 bits per heavy atom. The number of aromatic nitrogens is 1. The van der Waals surface area contributed by atoms with Gasteiger partial charge in [0.15, 0.2) is 0 Å². The first kappa shape index (κ1) is 28.0. The summed E-state index contributed by atoms with van der Waals surface area (Å²) in [6.07, 6.45) is 3.79. The van der Waals surface area contributed by atoms with Crippen molar-refractivity contribution in [2.24, 2.45) is 5.92 Å². The molecule has 1 aliphatic heterocycles. The van der Waals surface area contributed by atoms with Crippen molar-refractivity contribution in [3.63, 3.8) is 0 Å². The third kappa shape index (κ3) is 6.31. The number of benzene rings is 2. The molecule has 1 fully saturated rings. The van der Waals surface area contributed by atoms with Crippen molar-refractivity contribution < 1.29 is 23.8 Å². The van der Waals surface area contributed by atoms with Gasteiger partial charge in [0.1, 0.15) is 28.9 Å². The fourth-order valence-electron chi connectivity index (χ4n) is 4.34. The predicted molar refractivity (Wildman–Crippen MR) is 148 cm³/mol. The lowest BCUT2D eigenvalue weighted by atomic mass is 9.98. The number of ether oxygens (including phenoxy) is 3. The molecule has 1 N–H and O–H groups in total. The van der Waals surface area contributed by atoms with E-state index in [1.807, 2.05) is 4.90 Å². The number of hydrogen-bond acceptors (Lipinski definition) is 6.